The van der Waals surface area contributed by atoms with Gasteiger partial charge in [0.05, 0.1) is 12.1 Å². The molecule has 4 heteroatoms. The maximum atomic E-state index is 13.6. The fraction of sp³-hybridized carbons (Fsp3) is 0.0625. The summed E-state index contributed by atoms with van der Waals surface area (Å²) in [6.07, 6.45) is 1.84. The van der Waals surface area contributed by atoms with E-state index in [4.69, 9.17) is 0 Å². The number of carbonyl (C=O) groups excluding carboxylic acids is 1. The number of hydrogen-bond acceptors (Lipinski definition) is 1. The zero-order valence-corrected chi connectivity index (χ0v) is 12.1. The number of benzene rings is 2. The molecule has 2 aromatic carbocycles. The van der Waals surface area contributed by atoms with Gasteiger partial charge in [0.15, 0.2) is 5.78 Å². The molecule has 0 bridgehead atoms. The van der Waals surface area contributed by atoms with E-state index in [-0.39, 0.29) is 17.9 Å². The van der Waals surface area contributed by atoms with Crippen LogP contribution in [-0.2, 0) is 6.54 Å². The number of nitrogens with zero attached hydrogens (tertiary/aromatic N) is 1. The van der Waals surface area contributed by atoms with E-state index >= 15 is 0 Å². The first kappa shape index (κ1) is 13.1. The molecule has 2 nitrogen and oxygen atoms in total. The Balaban J connectivity index is 1.94. The molecule has 0 atom stereocenters. The lowest BCUT2D eigenvalue weighted by Crippen LogP contribution is -2.11. The Morgan fingerprint density at radius 1 is 1.15 bits per heavy atom. The average molecular weight is 332 g/mol. The van der Waals surface area contributed by atoms with Gasteiger partial charge in [-0.2, -0.15) is 0 Å². The average Bonchev–Trinajstić information content (AvgIpc) is 2.81. The summed E-state index contributed by atoms with van der Waals surface area (Å²) in [4.78, 5) is 12.2. The molecule has 0 radical (unpaired) electrons. The van der Waals surface area contributed by atoms with Gasteiger partial charge in [-0.3, -0.25) is 4.79 Å². The molecule has 0 aliphatic carbocycles. The number of hydrogen-bond donors (Lipinski definition) is 0. The Labute approximate surface area is 124 Å². The second kappa shape index (κ2) is 5.21. The van der Waals surface area contributed by atoms with Crippen molar-refractivity contribution in [2.45, 2.75) is 6.54 Å². The molecule has 0 spiro atoms. The fourth-order valence-corrected chi connectivity index (χ4v) is 2.61. The number of aromatic nitrogens is 1. The van der Waals surface area contributed by atoms with Gasteiger partial charge in [-0.25, -0.2) is 4.39 Å². The third kappa shape index (κ3) is 2.39. The van der Waals surface area contributed by atoms with Crippen molar-refractivity contribution in [2.75, 3.05) is 0 Å². The molecule has 0 aliphatic heterocycles. The van der Waals surface area contributed by atoms with Crippen molar-refractivity contribution >= 4 is 32.6 Å². The van der Waals surface area contributed by atoms with Crippen LogP contribution in [-0.4, -0.2) is 10.4 Å². The van der Waals surface area contributed by atoms with Crippen LogP contribution in [0.1, 0.15) is 10.4 Å². The maximum Gasteiger partial charge on any atom is 0.185 e. The summed E-state index contributed by atoms with van der Waals surface area (Å²) in [6.45, 7) is 0.131. The Morgan fingerprint density at radius 3 is 2.75 bits per heavy atom. The van der Waals surface area contributed by atoms with Crippen LogP contribution in [0.3, 0.4) is 0 Å². The van der Waals surface area contributed by atoms with E-state index in [1.807, 2.05) is 35.0 Å². The number of halogens is 2. The highest BCUT2D eigenvalue weighted by Gasteiger charge is 2.12. The van der Waals surface area contributed by atoms with Crippen LogP contribution in [0.4, 0.5) is 4.39 Å². The minimum Gasteiger partial charge on any atom is -0.340 e. The van der Waals surface area contributed by atoms with E-state index in [2.05, 4.69) is 15.9 Å². The van der Waals surface area contributed by atoms with Crippen molar-refractivity contribution in [3.63, 3.8) is 0 Å². The molecule has 1 aromatic heterocycles. The van der Waals surface area contributed by atoms with Crippen LogP contribution in [0.25, 0.3) is 10.9 Å². The van der Waals surface area contributed by atoms with Crippen molar-refractivity contribution in [1.29, 1.82) is 0 Å². The lowest BCUT2D eigenvalue weighted by atomic mass is 10.1. The summed E-state index contributed by atoms with van der Waals surface area (Å²) < 4.78 is 16.4. The number of ketones is 1. The smallest absolute Gasteiger partial charge is 0.185 e. The van der Waals surface area contributed by atoms with Gasteiger partial charge in [-0.05, 0) is 36.4 Å². The SMILES string of the molecule is O=C(Cn1ccc2cc(Br)ccc21)c1ccccc1F. The molecule has 0 fully saturated rings. The van der Waals surface area contributed by atoms with Crippen LogP contribution in [0.15, 0.2) is 59.2 Å². The van der Waals surface area contributed by atoms with Gasteiger partial charge in [0.25, 0.3) is 0 Å². The van der Waals surface area contributed by atoms with Gasteiger partial charge in [0.2, 0.25) is 0 Å². The van der Waals surface area contributed by atoms with E-state index in [0.717, 1.165) is 15.4 Å². The van der Waals surface area contributed by atoms with Crippen molar-refractivity contribution in [3.8, 4) is 0 Å². The first-order valence-electron chi connectivity index (χ1n) is 6.17. The first-order chi connectivity index (χ1) is 9.65. The standard InChI is InChI=1S/C16H11BrFNO/c17-12-5-6-15-11(9-12)7-8-19(15)10-16(20)13-3-1-2-4-14(13)18/h1-9H,10H2. The molecule has 0 aliphatic rings. The summed E-state index contributed by atoms with van der Waals surface area (Å²) in [6, 6.07) is 13.8. The molecule has 1 heterocycles. The largest absolute Gasteiger partial charge is 0.340 e. The monoisotopic (exact) mass is 331 g/mol. The summed E-state index contributed by atoms with van der Waals surface area (Å²) >= 11 is 3.41. The molecule has 0 amide bonds. The summed E-state index contributed by atoms with van der Waals surface area (Å²) in [5.41, 5.74) is 1.09. The molecule has 3 aromatic rings. The first-order valence-corrected chi connectivity index (χ1v) is 6.96. The van der Waals surface area contributed by atoms with Crippen molar-refractivity contribution < 1.29 is 9.18 Å². The van der Waals surface area contributed by atoms with E-state index < -0.39 is 5.82 Å². The molecule has 0 saturated carbocycles. The summed E-state index contributed by atoms with van der Waals surface area (Å²) in [5, 5.41) is 1.04. The molecule has 0 N–H and O–H groups in total. The third-order valence-electron chi connectivity index (χ3n) is 3.22. The van der Waals surface area contributed by atoms with Crippen molar-refractivity contribution in [2.24, 2.45) is 0 Å². The fourth-order valence-electron chi connectivity index (χ4n) is 2.24. The van der Waals surface area contributed by atoms with Gasteiger partial charge in [0.1, 0.15) is 5.82 Å². The number of rotatable bonds is 3. The quantitative estimate of drug-likeness (QED) is 0.651. The van der Waals surface area contributed by atoms with Crippen LogP contribution in [0.5, 0.6) is 0 Å². The Kier molecular flexibility index (Phi) is 3.40. The van der Waals surface area contributed by atoms with E-state index in [0.29, 0.717) is 0 Å². The van der Waals surface area contributed by atoms with Gasteiger partial charge in [-0.15, -0.1) is 0 Å². The zero-order chi connectivity index (χ0) is 14.1. The van der Waals surface area contributed by atoms with Gasteiger partial charge in [-0.1, -0.05) is 28.1 Å². The van der Waals surface area contributed by atoms with Crippen LogP contribution < -0.4 is 0 Å². The van der Waals surface area contributed by atoms with Crippen LogP contribution in [0, 0.1) is 5.82 Å². The minimum atomic E-state index is -0.475. The second-order valence-corrected chi connectivity index (χ2v) is 5.47. The third-order valence-corrected chi connectivity index (χ3v) is 3.71. The second-order valence-electron chi connectivity index (χ2n) is 4.55. The van der Waals surface area contributed by atoms with E-state index in [1.54, 1.807) is 12.1 Å². The highest BCUT2D eigenvalue weighted by atomic mass is 79.9. The van der Waals surface area contributed by atoms with Gasteiger partial charge >= 0.3 is 0 Å². The molecule has 0 unspecified atom stereocenters. The molecular weight excluding hydrogens is 321 g/mol. The maximum absolute atomic E-state index is 13.6. The van der Waals surface area contributed by atoms with Gasteiger partial charge < -0.3 is 4.57 Å². The molecule has 0 saturated heterocycles. The van der Waals surface area contributed by atoms with Crippen molar-refractivity contribution in [1.82, 2.24) is 4.57 Å². The Hall–Kier alpha value is -1.94. The molecule has 20 heavy (non-hydrogen) atoms. The minimum absolute atomic E-state index is 0.131. The predicted octanol–water partition coefficient (Wildman–Crippen LogP) is 4.43. The molecular formula is C16H11BrFNO. The van der Waals surface area contributed by atoms with E-state index in [9.17, 15) is 9.18 Å². The lowest BCUT2D eigenvalue weighted by molar-refractivity contribution is 0.0969. The highest BCUT2D eigenvalue weighted by molar-refractivity contribution is 9.10. The van der Waals surface area contributed by atoms with E-state index in [1.165, 1.54) is 12.1 Å². The Morgan fingerprint density at radius 2 is 1.95 bits per heavy atom. The Bertz CT molecular complexity index is 794. The zero-order valence-electron chi connectivity index (χ0n) is 10.5. The molecule has 3 rings (SSSR count). The van der Waals surface area contributed by atoms with Gasteiger partial charge in [0, 0.05) is 21.6 Å². The van der Waals surface area contributed by atoms with Crippen LogP contribution >= 0.6 is 15.9 Å². The predicted molar refractivity (Wildman–Crippen MR) is 80.4 cm³/mol. The highest BCUT2D eigenvalue weighted by Crippen LogP contribution is 2.21. The molecule has 100 valence electrons. The van der Waals surface area contributed by atoms with Crippen LogP contribution in [0.2, 0.25) is 0 Å². The lowest BCUT2D eigenvalue weighted by Gasteiger charge is -2.06. The normalized spacial score (nSPS) is 10.9. The number of fused-ring (bicyclic) bond motifs is 1. The number of carbonyl (C=O) groups is 1. The topological polar surface area (TPSA) is 22.0 Å². The summed E-state index contributed by atoms with van der Waals surface area (Å²) in [5.74, 6) is -0.708. The number of Topliss-reactive ketones (excluding diaryl/α,β-unsaturated/α-hetero) is 1. The van der Waals surface area contributed by atoms with Crippen molar-refractivity contribution in [3.05, 3.63) is 70.6 Å². The summed E-state index contributed by atoms with van der Waals surface area (Å²) in [7, 11) is 0.